The lowest BCUT2D eigenvalue weighted by molar-refractivity contribution is 0.400. The van der Waals surface area contributed by atoms with Crippen molar-refractivity contribution >= 4 is 0 Å². The van der Waals surface area contributed by atoms with Crippen LogP contribution in [0.2, 0.25) is 0 Å². The summed E-state index contributed by atoms with van der Waals surface area (Å²) in [5.41, 5.74) is 3.92. The standard InChI is InChI=1S/C16H21N3O/c1-19-15-8-5-7-14(13(15)11-18-19)17-10-12-6-3-4-9-16(12)20-2/h3-4,6,9,11,14,17H,5,7-8,10H2,1-2H3/t14-/m1/s1. The zero-order chi connectivity index (χ0) is 13.9. The van der Waals surface area contributed by atoms with Crippen molar-refractivity contribution in [1.82, 2.24) is 15.1 Å². The van der Waals surface area contributed by atoms with Crippen LogP contribution in [0.4, 0.5) is 0 Å². The molecule has 4 heteroatoms. The lowest BCUT2D eigenvalue weighted by Crippen LogP contribution is -2.25. The molecule has 0 amide bonds. The molecule has 1 aliphatic rings. The second kappa shape index (κ2) is 5.67. The van der Waals surface area contributed by atoms with Gasteiger partial charge in [-0.05, 0) is 25.3 Å². The number of fused-ring (bicyclic) bond motifs is 1. The molecule has 0 spiro atoms. The molecule has 2 aromatic rings. The number of aromatic nitrogens is 2. The number of nitrogens with zero attached hydrogens (tertiary/aromatic N) is 2. The van der Waals surface area contributed by atoms with Crippen LogP contribution in [0.3, 0.4) is 0 Å². The summed E-state index contributed by atoms with van der Waals surface area (Å²) in [7, 11) is 3.75. The van der Waals surface area contributed by atoms with E-state index in [0.29, 0.717) is 6.04 Å². The van der Waals surface area contributed by atoms with Gasteiger partial charge in [0.25, 0.3) is 0 Å². The minimum absolute atomic E-state index is 0.400. The summed E-state index contributed by atoms with van der Waals surface area (Å²) in [5.74, 6) is 0.946. The van der Waals surface area contributed by atoms with Gasteiger partial charge in [0.15, 0.2) is 0 Å². The fourth-order valence-corrected chi connectivity index (χ4v) is 3.00. The maximum atomic E-state index is 5.40. The van der Waals surface area contributed by atoms with Gasteiger partial charge in [-0.25, -0.2) is 0 Å². The van der Waals surface area contributed by atoms with E-state index in [1.807, 2.05) is 30.1 Å². The Morgan fingerprint density at radius 3 is 3.10 bits per heavy atom. The lowest BCUT2D eigenvalue weighted by Gasteiger charge is -2.24. The van der Waals surface area contributed by atoms with Crippen LogP contribution in [0, 0.1) is 0 Å². The molecule has 1 aromatic heterocycles. The first kappa shape index (κ1) is 13.2. The van der Waals surface area contributed by atoms with Gasteiger partial charge in [0.2, 0.25) is 0 Å². The first-order valence-electron chi connectivity index (χ1n) is 7.15. The summed E-state index contributed by atoms with van der Waals surface area (Å²) < 4.78 is 7.41. The minimum Gasteiger partial charge on any atom is -0.496 e. The van der Waals surface area contributed by atoms with E-state index in [1.54, 1.807) is 7.11 Å². The van der Waals surface area contributed by atoms with Crippen LogP contribution in [0.15, 0.2) is 30.5 Å². The molecule has 1 aliphatic carbocycles. The first-order chi connectivity index (χ1) is 9.79. The zero-order valence-corrected chi connectivity index (χ0v) is 12.1. The molecule has 1 N–H and O–H groups in total. The van der Waals surface area contributed by atoms with Crippen molar-refractivity contribution in [1.29, 1.82) is 0 Å². The fourth-order valence-electron chi connectivity index (χ4n) is 3.00. The van der Waals surface area contributed by atoms with Crippen LogP contribution in [0.1, 0.15) is 35.7 Å². The SMILES string of the molecule is COc1ccccc1CN[C@@H]1CCCc2c1cnn2C. The van der Waals surface area contributed by atoms with Crippen molar-refractivity contribution in [3.63, 3.8) is 0 Å². The van der Waals surface area contributed by atoms with Crippen molar-refractivity contribution in [2.45, 2.75) is 31.8 Å². The largest absolute Gasteiger partial charge is 0.496 e. The van der Waals surface area contributed by atoms with Crippen molar-refractivity contribution in [3.05, 3.63) is 47.3 Å². The topological polar surface area (TPSA) is 39.1 Å². The molecular formula is C16H21N3O. The smallest absolute Gasteiger partial charge is 0.123 e. The Kier molecular flexibility index (Phi) is 3.74. The lowest BCUT2D eigenvalue weighted by atomic mass is 9.93. The van der Waals surface area contributed by atoms with E-state index < -0.39 is 0 Å². The van der Waals surface area contributed by atoms with Gasteiger partial charge in [-0.1, -0.05) is 18.2 Å². The second-order valence-electron chi connectivity index (χ2n) is 5.31. The highest BCUT2D eigenvalue weighted by Gasteiger charge is 2.23. The Morgan fingerprint density at radius 1 is 1.40 bits per heavy atom. The van der Waals surface area contributed by atoms with Crippen molar-refractivity contribution < 1.29 is 4.74 Å². The molecular weight excluding hydrogens is 250 g/mol. The number of methoxy groups -OCH3 is 1. The van der Waals surface area contributed by atoms with Gasteiger partial charge in [-0.3, -0.25) is 4.68 Å². The Bertz CT molecular complexity index is 591. The van der Waals surface area contributed by atoms with E-state index in [2.05, 4.69) is 22.5 Å². The maximum absolute atomic E-state index is 5.40. The molecule has 1 aromatic carbocycles. The predicted molar refractivity (Wildman–Crippen MR) is 78.7 cm³/mol. The number of hydrogen-bond acceptors (Lipinski definition) is 3. The van der Waals surface area contributed by atoms with Crippen molar-refractivity contribution in [2.75, 3.05) is 7.11 Å². The third-order valence-electron chi connectivity index (χ3n) is 4.11. The molecule has 1 atom stereocenters. The molecule has 0 radical (unpaired) electrons. The summed E-state index contributed by atoms with van der Waals surface area (Å²) in [6.07, 6.45) is 5.54. The Labute approximate surface area is 119 Å². The highest BCUT2D eigenvalue weighted by Crippen LogP contribution is 2.29. The Balaban J connectivity index is 1.73. The van der Waals surface area contributed by atoms with Gasteiger partial charge in [-0.2, -0.15) is 5.10 Å². The van der Waals surface area contributed by atoms with E-state index in [0.717, 1.165) is 18.7 Å². The van der Waals surface area contributed by atoms with Gasteiger partial charge in [0.05, 0.1) is 13.3 Å². The van der Waals surface area contributed by atoms with Crippen LogP contribution >= 0.6 is 0 Å². The molecule has 0 fully saturated rings. The highest BCUT2D eigenvalue weighted by molar-refractivity contribution is 5.33. The average Bonchev–Trinajstić information content (AvgIpc) is 2.88. The van der Waals surface area contributed by atoms with Crippen LogP contribution in [-0.2, 0) is 20.0 Å². The number of benzene rings is 1. The van der Waals surface area contributed by atoms with Gasteiger partial charge in [-0.15, -0.1) is 0 Å². The van der Waals surface area contributed by atoms with Gasteiger partial charge >= 0.3 is 0 Å². The fraction of sp³-hybridized carbons (Fsp3) is 0.438. The van der Waals surface area contributed by atoms with E-state index >= 15 is 0 Å². The van der Waals surface area contributed by atoms with Gasteiger partial charge < -0.3 is 10.1 Å². The summed E-state index contributed by atoms with van der Waals surface area (Å²) in [6, 6.07) is 8.57. The average molecular weight is 271 g/mol. The first-order valence-corrected chi connectivity index (χ1v) is 7.15. The minimum atomic E-state index is 0.400. The number of aryl methyl sites for hydroxylation is 1. The number of para-hydroxylation sites is 1. The van der Waals surface area contributed by atoms with Crippen LogP contribution in [-0.4, -0.2) is 16.9 Å². The normalized spacial score (nSPS) is 17.8. The predicted octanol–water partition coefficient (Wildman–Crippen LogP) is 2.60. The van der Waals surface area contributed by atoms with E-state index in [1.165, 1.54) is 29.7 Å². The molecule has 106 valence electrons. The molecule has 0 unspecified atom stereocenters. The molecule has 0 saturated heterocycles. The number of nitrogens with one attached hydrogen (secondary N) is 1. The molecule has 4 nitrogen and oxygen atoms in total. The summed E-state index contributed by atoms with van der Waals surface area (Å²) >= 11 is 0. The Morgan fingerprint density at radius 2 is 2.25 bits per heavy atom. The van der Waals surface area contributed by atoms with E-state index in [-0.39, 0.29) is 0 Å². The van der Waals surface area contributed by atoms with Gasteiger partial charge in [0, 0.05) is 36.5 Å². The van der Waals surface area contributed by atoms with Crippen molar-refractivity contribution in [3.8, 4) is 5.75 Å². The monoisotopic (exact) mass is 271 g/mol. The van der Waals surface area contributed by atoms with Crippen LogP contribution in [0.25, 0.3) is 0 Å². The third-order valence-corrected chi connectivity index (χ3v) is 4.11. The third kappa shape index (κ3) is 2.43. The summed E-state index contributed by atoms with van der Waals surface area (Å²) in [4.78, 5) is 0. The second-order valence-corrected chi connectivity index (χ2v) is 5.31. The van der Waals surface area contributed by atoms with E-state index in [9.17, 15) is 0 Å². The Hall–Kier alpha value is -1.81. The van der Waals surface area contributed by atoms with Crippen LogP contribution in [0.5, 0.6) is 5.75 Å². The quantitative estimate of drug-likeness (QED) is 0.929. The molecule has 0 aliphatic heterocycles. The van der Waals surface area contributed by atoms with E-state index in [4.69, 9.17) is 4.74 Å². The molecule has 1 heterocycles. The summed E-state index contributed by atoms with van der Waals surface area (Å²) in [6.45, 7) is 0.822. The highest BCUT2D eigenvalue weighted by atomic mass is 16.5. The van der Waals surface area contributed by atoms with Gasteiger partial charge in [0.1, 0.15) is 5.75 Å². The number of ether oxygens (including phenoxy) is 1. The molecule has 3 rings (SSSR count). The number of rotatable bonds is 4. The van der Waals surface area contributed by atoms with Crippen LogP contribution < -0.4 is 10.1 Å². The molecule has 20 heavy (non-hydrogen) atoms. The molecule has 0 bridgehead atoms. The summed E-state index contributed by atoms with van der Waals surface area (Å²) in [5, 5.41) is 8.04. The van der Waals surface area contributed by atoms with Crippen molar-refractivity contribution in [2.24, 2.45) is 7.05 Å². The zero-order valence-electron chi connectivity index (χ0n) is 12.1. The maximum Gasteiger partial charge on any atom is 0.123 e. The number of hydrogen-bond donors (Lipinski definition) is 1. The molecule has 0 saturated carbocycles.